The van der Waals surface area contributed by atoms with Crippen LogP contribution in [-0.2, 0) is 9.53 Å². The first-order valence-corrected chi connectivity index (χ1v) is 5.39. The van der Waals surface area contributed by atoms with Gasteiger partial charge in [0.25, 0.3) is 0 Å². The van der Waals surface area contributed by atoms with Crippen molar-refractivity contribution in [1.29, 1.82) is 0 Å². The Morgan fingerprint density at radius 3 is 2.69 bits per heavy atom. The maximum absolute atomic E-state index is 11.1. The molecule has 3 aliphatic rings. The van der Waals surface area contributed by atoms with E-state index < -0.39 is 17.6 Å². The third kappa shape index (κ3) is 1.000. The van der Waals surface area contributed by atoms with Crippen LogP contribution >= 0.6 is 0 Å². The Balaban J connectivity index is 1.89. The fourth-order valence-corrected chi connectivity index (χ4v) is 3.63. The number of carboxylic acid groups (broad SMARTS) is 2. The van der Waals surface area contributed by atoms with Gasteiger partial charge in [0.2, 0.25) is 0 Å². The summed E-state index contributed by atoms with van der Waals surface area (Å²) in [5.74, 6) is -1.05. The van der Waals surface area contributed by atoms with E-state index in [-0.39, 0.29) is 24.5 Å². The van der Waals surface area contributed by atoms with Gasteiger partial charge in [-0.05, 0) is 18.8 Å². The monoisotopic (exact) mass is 227 g/mol. The van der Waals surface area contributed by atoms with Gasteiger partial charge in [-0.1, -0.05) is 0 Å². The number of rotatable bonds is 1. The lowest BCUT2D eigenvalue weighted by atomic mass is 9.90. The van der Waals surface area contributed by atoms with Gasteiger partial charge in [0.1, 0.15) is 6.73 Å². The molecule has 16 heavy (non-hydrogen) atoms. The van der Waals surface area contributed by atoms with Gasteiger partial charge in [0.15, 0.2) is 0 Å². The summed E-state index contributed by atoms with van der Waals surface area (Å²) in [6.45, 7) is 0.426. The molecule has 0 aromatic carbocycles. The molecule has 3 rings (SSSR count). The Hall–Kier alpha value is -1.30. The van der Waals surface area contributed by atoms with Crippen LogP contribution in [-0.4, -0.2) is 46.1 Å². The molecular weight excluding hydrogens is 214 g/mol. The highest BCUT2D eigenvalue weighted by atomic mass is 16.5. The molecule has 0 aromatic heterocycles. The summed E-state index contributed by atoms with van der Waals surface area (Å²) < 4.78 is 5.23. The van der Waals surface area contributed by atoms with E-state index in [1.165, 1.54) is 4.90 Å². The van der Waals surface area contributed by atoms with Crippen LogP contribution in [0.3, 0.4) is 0 Å². The summed E-state index contributed by atoms with van der Waals surface area (Å²) in [6, 6.07) is 0. The van der Waals surface area contributed by atoms with Gasteiger partial charge in [-0.3, -0.25) is 9.69 Å². The molecule has 1 heterocycles. The summed E-state index contributed by atoms with van der Waals surface area (Å²) in [7, 11) is 0. The highest BCUT2D eigenvalue weighted by Gasteiger charge is 2.72. The number of nitrogens with zero attached hydrogens (tertiary/aromatic N) is 1. The zero-order valence-corrected chi connectivity index (χ0v) is 8.63. The van der Waals surface area contributed by atoms with Crippen molar-refractivity contribution in [3.63, 3.8) is 0 Å². The lowest BCUT2D eigenvalue weighted by Crippen LogP contribution is -2.49. The van der Waals surface area contributed by atoms with Gasteiger partial charge in [0, 0.05) is 5.92 Å². The molecule has 2 aliphatic carbocycles. The number of fused-ring (bicyclic) bond motifs is 2. The van der Waals surface area contributed by atoms with Gasteiger partial charge >= 0.3 is 12.1 Å². The molecular formula is C10H13NO5. The second kappa shape index (κ2) is 2.88. The molecule has 0 aromatic rings. The minimum atomic E-state index is -1.01. The molecule has 1 aliphatic heterocycles. The lowest BCUT2D eigenvalue weighted by molar-refractivity contribution is -0.140. The largest absolute Gasteiger partial charge is 0.481 e. The molecule has 6 heteroatoms. The normalized spacial score (nSPS) is 44.8. The van der Waals surface area contributed by atoms with Crippen molar-refractivity contribution in [3.05, 3.63) is 0 Å². The molecule has 2 N–H and O–H groups in total. The van der Waals surface area contributed by atoms with E-state index in [0.29, 0.717) is 6.61 Å². The minimum Gasteiger partial charge on any atom is -0.481 e. The van der Waals surface area contributed by atoms with Gasteiger partial charge in [-0.15, -0.1) is 0 Å². The van der Waals surface area contributed by atoms with E-state index in [9.17, 15) is 9.59 Å². The Kier molecular flexibility index (Phi) is 1.78. The van der Waals surface area contributed by atoms with Crippen LogP contribution in [0.2, 0.25) is 0 Å². The van der Waals surface area contributed by atoms with Crippen molar-refractivity contribution in [1.82, 2.24) is 4.90 Å². The second-order valence-electron chi connectivity index (χ2n) is 4.88. The molecule has 0 bridgehead atoms. The number of ether oxygens (including phenoxy) is 1. The van der Waals surface area contributed by atoms with Crippen molar-refractivity contribution in [2.75, 3.05) is 13.3 Å². The predicted octanol–water partition coefficient (Wildman–Crippen LogP) is 0.434. The number of amides is 1. The number of hydrogen-bond donors (Lipinski definition) is 2. The lowest BCUT2D eigenvalue weighted by Gasteiger charge is -2.32. The van der Waals surface area contributed by atoms with Crippen LogP contribution in [0.1, 0.15) is 12.8 Å². The predicted molar refractivity (Wildman–Crippen MR) is 50.8 cm³/mol. The Bertz CT molecular complexity index is 366. The summed E-state index contributed by atoms with van der Waals surface area (Å²) in [5, 5.41) is 18.1. The van der Waals surface area contributed by atoms with Crippen LogP contribution in [0.15, 0.2) is 0 Å². The summed E-state index contributed by atoms with van der Waals surface area (Å²) in [6.07, 6.45) is 0.530. The standard InChI is InChI=1S/C10H13NO5/c12-8(13)6-5-1-2-10(7(5)6)3-16-4-11(10)9(14)15/h5-7H,1-4H2,(H,12,13)(H,14,15). The van der Waals surface area contributed by atoms with Crippen molar-refractivity contribution in [2.45, 2.75) is 18.4 Å². The molecule has 2 saturated carbocycles. The fourth-order valence-electron chi connectivity index (χ4n) is 3.63. The number of carbonyl (C=O) groups is 2. The van der Waals surface area contributed by atoms with Crippen molar-refractivity contribution < 1.29 is 24.5 Å². The van der Waals surface area contributed by atoms with Crippen molar-refractivity contribution in [2.24, 2.45) is 17.8 Å². The SMILES string of the molecule is O=C(O)C1C2CCC3(COCN3C(=O)O)C21. The Morgan fingerprint density at radius 2 is 2.12 bits per heavy atom. The van der Waals surface area contributed by atoms with Gasteiger partial charge in [0.05, 0.1) is 18.1 Å². The first-order valence-electron chi connectivity index (χ1n) is 5.39. The molecule has 3 fully saturated rings. The Labute approximate surface area is 91.8 Å². The van der Waals surface area contributed by atoms with E-state index in [4.69, 9.17) is 14.9 Å². The van der Waals surface area contributed by atoms with E-state index in [1.54, 1.807) is 0 Å². The molecule has 1 amide bonds. The number of carboxylic acids is 1. The zero-order valence-electron chi connectivity index (χ0n) is 8.63. The van der Waals surface area contributed by atoms with E-state index >= 15 is 0 Å². The molecule has 88 valence electrons. The van der Waals surface area contributed by atoms with E-state index in [2.05, 4.69) is 0 Å². The highest BCUT2D eigenvalue weighted by molar-refractivity contribution is 5.76. The third-order valence-corrected chi connectivity index (χ3v) is 4.33. The quantitative estimate of drug-likeness (QED) is 0.678. The zero-order chi connectivity index (χ0) is 11.5. The van der Waals surface area contributed by atoms with Crippen molar-refractivity contribution in [3.8, 4) is 0 Å². The molecule has 4 unspecified atom stereocenters. The number of aliphatic carboxylic acids is 1. The average Bonchev–Trinajstić information content (AvgIpc) is 2.64. The van der Waals surface area contributed by atoms with Gasteiger partial charge in [-0.2, -0.15) is 0 Å². The second-order valence-corrected chi connectivity index (χ2v) is 4.88. The Morgan fingerprint density at radius 1 is 1.38 bits per heavy atom. The molecule has 6 nitrogen and oxygen atoms in total. The smallest absolute Gasteiger partial charge is 0.409 e. The average molecular weight is 227 g/mol. The topological polar surface area (TPSA) is 87.1 Å². The van der Waals surface area contributed by atoms with Gasteiger partial charge < -0.3 is 14.9 Å². The maximum atomic E-state index is 11.1. The number of hydrogen-bond acceptors (Lipinski definition) is 3. The van der Waals surface area contributed by atoms with Crippen LogP contribution in [0.25, 0.3) is 0 Å². The first-order chi connectivity index (χ1) is 7.58. The van der Waals surface area contributed by atoms with E-state index in [0.717, 1.165) is 12.8 Å². The molecule has 4 atom stereocenters. The minimum absolute atomic E-state index is 0.0383. The summed E-state index contributed by atoms with van der Waals surface area (Å²) in [4.78, 5) is 23.4. The first kappa shape index (κ1) is 9.89. The van der Waals surface area contributed by atoms with Gasteiger partial charge in [-0.25, -0.2) is 4.79 Å². The third-order valence-electron chi connectivity index (χ3n) is 4.33. The van der Waals surface area contributed by atoms with Crippen LogP contribution < -0.4 is 0 Å². The molecule has 1 spiro atoms. The van der Waals surface area contributed by atoms with E-state index in [1.807, 2.05) is 0 Å². The summed E-state index contributed by atoms with van der Waals surface area (Å²) >= 11 is 0. The van der Waals surface area contributed by atoms with Crippen LogP contribution in [0.5, 0.6) is 0 Å². The highest BCUT2D eigenvalue weighted by Crippen LogP contribution is 2.65. The summed E-state index contributed by atoms with van der Waals surface area (Å²) in [5.41, 5.74) is -0.556. The van der Waals surface area contributed by atoms with Crippen LogP contribution in [0.4, 0.5) is 4.79 Å². The molecule has 1 saturated heterocycles. The molecule has 0 radical (unpaired) electrons. The fraction of sp³-hybridized carbons (Fsp3) is 0.800. The van der Waals surface area contributed by atoms with Crippen molar-refractivity contribution >= 4 is 12.1 Å². The van der Waals surface area contributed by atoms with Crippen LogP contribution in [0, 0.1) is 17.8 Å². The maximum Gasteiger partial charge on any atom is 0.409 e.